The Hall–Kier alpha value is -4.90. The second kappa shape index (κ2) is 18.2. The lowest BCUT2D eigenvalue weighted by Gasteiger charge is -2.22. The first-order valence-electron chi connectivity index (χ1n) is 17.4. The molecule has 0 aliphatic heterocycles. The van der Waals surface area contributed by atoms with Gasteiger partial charge in [-0.15, -0.1) is 0 Å². The Morgan fingerprint density at radius 2 is 1.54 bits per heavy atom. The molecule has 268 valence electrons. The quantitative estimate of drug-likeness (QED) is 0.152. The fourth-order valence-electron chi connectivity index (χ4n) is 5.96. The van der Waals surface area contributed by atoms with E-state index < -0.39 is 30.0 Å². The molecule has 3 aromatic rings. The van der Waals surface area contributed by atoms with Gasteiger partial charge in [0.1, 0.15) is 19.3 Å². The average Bonchev–Trinajstić information content (AvgIpc) is 3.43. The van der Waals surface area contributed by atoms with E-state index in [0.29, 0.717) is 24.7 Å². The molecular formula is C39H51N5O6. The number of carbonyl (C=O) groups excluding carboxylic acids is 4. The molecule has 0 saturated carbocycles. The number of anilines is 1. The molecule has 2 unspecified atom stereocenters. The number of hydrogen-bond acceptors (Lipinski definition) is 7. The summed E-state index contributed by atoms with van der Waals surface area (Å²) in [6.45, 7) is 9.03. The number of amides is 4. The molecule has 0 fully saturated rings. The summed E-state index contributed by atoms with van der Waals surface area (Å²) < 4.78 is 11.2. The van der Waals surface area contributed by atoms with Gasteiger partial charge in [-0.1, -0.05) is 88.7 Å². The number of rotatable bonds is 16. The van der Waals surface area contributed by atoms with Crippen molar-refractivity contribution in [2.75, 3.05) is 45.7 Å². The van der Waals surface area contributed by atoms with Crippen LogP contribution in [0.3, 0.4) is 0 Å². The number of nitrogens with zero attached hydrogens (tertiary/aromatic N) is 1. The maximum Gasteiger partial charge on any atom is 0.409 e. The van der Waals surface area contributed by atoms with Gasteiger partial charge in [0.05, 0.1) is 6.54 Å². The largest absolute Gasteiger partial charge is 0.449 e. The van der Waals surface area contributed by atoms with E-state index in [-0.39, 0.29) is 31.6 Å². The highest BCUT2D eigenvalue weighted by Crippen LogP contribution is 2.44. The van der Waals surface area contributed by atoms with Crippen LogP contribution in [0.1, 0.15) is 62.3 Å². The predicted molar refractivity (Wildman–Crippen MR) is 195 cm³/mol. The number of carbonyl (C=O) groups is 4. The van der Waals surface area contributed by atoms with Gasteiger partial charge in [0.25, 0.3) is 0 Å². The molecule has 0 aromatic heterocycles. The van der Waals surface area contributed by atoms with E-state index in [2.05, 4.69) is 47.2 Å². The molecule has 0 bridgehead atoms. The lowest BCUT2D eigenvalue weighted by Crippen LogP contribution is -2.51. The summed E-state index contributed by atoms with van der Waals surface area (Å²) in [6.07, 6.45) is 0.609. The summed E-state index contributed by atoms with van der Waals surface area (Å²) in [5.41, 5.74) is 6.86. The highest BCUT2D eigenvalue weighted by atomic mass is 16.6. The molecule has 0 spiro atoms. The van der Waals surface area contributed by atoms with Crippen LogP contribution in [-0.2, 0) is 32.1 Å². The third-order valence-corrected chi connectivity index (χ3v) is 9.10. The number of ether oxygens (including phenoxy) is 2. The Balaban J connectivity index is 1.30. The molecule has 0 heterocycles. The maximum atomic E-state index is 13.1. The summed E-state index contributed by atoms with van der Waals surface area (Å²) in [4.78, 5) is 52.9. The van der Waals surface area contributed by atoms with Crippen LogP contribution >= 0.6 is 0 Å². The Kier molecular flexibility index (Phi) is 13.8. The first-order chi connectivity index (χ1) is 24.0. The minimum Gasteiger partial charge on any atom is -0.449 e. The molecule has 4 amide bonds. The normalized spacial score (nSPS) is 13.1. The number of likely N-dealkylation sites (N-methyl/N-ethyl adjacent to an activating group) is 2. The van der Waals surface area contributed by atoms with Crippen LogP contribution in [0.4, 0.5) is 15.3 Å². The number of fused-ring (bicyclic) bond motifs is 3. The van der Waals surface area contributed by atoms with Crippen molar-refractivity contribution in [3.05, 3.63) is 89.0 Å². The van der Waals surface area contributed by atoms with Crippen molar-refractivity contribution in [2.45, 2.75) is 59.1 Å². The maximum absolute atomic E-state index is 13.1. The van der Waals surface area contributed by atoms with Crippen molar-refractivity contribution < 1.29 is 28.7 Å². The van der Waals surface area contributed by atoms with Crippen LogP contribution in [-0.4, -0.2) is 75.3 Å². The number of alkyl carbamates (subject to hydrolysis) is 1. The standard InChI is InChI=1S/C39H51N5O6/c1-7-26(4)20-28-21-29(17-16-27(28)23-50-39(48)44(6)19-18-40-5)42-35(45)22-41-37(46)36(25(2)3)43-38(47)49-24-34-32-14-10-8-12-30(32)31-13-9-11-15-33(31)34/h8-17,21,25-26,34,36,40H,7,18-20,22-24H2,1-6H3,(H,41,46)(H,42,45)(H,43,47). The van der Waals surface area contributed by atoms with Crippen LogP contribution < -0.4 is 21.3 Å². The third-order valence-electron chi connectivity index (χ3n) is 9.10. The van der Waals surface area contributed by atoms with Gasteiger partial charge in [0.2, 0.25) is 11.8 Å². The lowest BCUT2D eigenvalue weighted by atomic mass is 9.95. The zero-order valence-corrected chi connectivity index (χ0v) is 30.0. The number of benzene rings is 3. The predicted octanol–water partition coefficient (Wildman–Crippen LogP) is 5.68. The van der Waals surface area contributed by atoms with E-state index in [9.17, 15) is 19.2 Å². The van der Waals surface area contributed by atoms with Crippen LogP contribution in [0.25, 0.3) is 11.1 Å². The van der Waals surface area contributed by atoms with Crippen molar-refractivity contribution in [1.29, 1.82) is 0 Å². The molecule has 0 radical (unpaired) electrons. The van der Waals surface area contributed by atoms with Gasteiger partial charge in [0, 0.05) is 31.7 Å². The minimum absolute atomic E-state index is 0.104. The molecule has 4 N–H and O–H groups in total. The average molecular weight is 686 g/mol. The molecule has 0 saturated heterocycles. The first-order valence-corrected chi connectivity index (χ1v) is 17.4. The Bertz CT molecular complexity index is 1600. The minimum atomic E-state index is -0.903. The zero-order chi connectivity index (χ0) is 36.2. The van der Waals surface area contributed by atoms with E-state index >= 15 is 0 Å². The van der Waals surface area contributed by atoms with Crippen molar-refractivity contribution in [1.82, 2.24) is 20.9 Å². The van der Waals surface area contributed by atoms with Crippen molar-refractivity contribution in [3.8, 4) is 11.1 Å². The SMILES string of the molecule is CCC(C)Cc1cc(NC(=O)CNC(=O)C(NC(=O)OCC2c3ccccc3-c3ccccc32)C(C)C)ccc1COC(=O)N(C)CCNC. The van der Waals surface area contributed by atoms with E-state index in [4.69, 9.17) is 9.47 Å². The van der Waals surface area contributed by atoms with Crippen molar-refractivity contribution >= 4 is 29.7 Å². The summed E-state index contributed by atoms with van der Waals surface area (Å²) >= 11 is 0. The molecule has 1 aliphatic rings. The summed E-state index contributed by atoms with van der Waals surface area (Å²) in [7, 11) is 3.52. The van der Waals surface area contributed by atoms with Crippen LogP contribution in [0, 0.1) is 11.8 Å². The highest BCUT2D eigenvalue weighted by Gasteiger charge is 2.30. The summed E-state index contributed by atoms with van der Waals surface area (Å²) in [5.74, 6) is -0.885. The van der Waals surface area contributed by atoms with Gasteiger partial charge in [-0.2, -0.15) is 0 Å². The van der Waals surface area contributed by atoms with Crippen LogP contribution in [0.15, 0.2) is 66.7 Å². The molecule has 1 aliphatic carbocycles. The van der Waals surface area contributed by atoms with Gasteiger partial charge < -0.3 is 35.6 Å². The topological polar surface area (TPSA) is 138 Å². The fraction of sp³-hybridized carbons (Fsp3) is 0.436. The number of hydrogen-bond donors (Lipinski definition) is 4. The molecule has 4 rings (SSSR count). The third kappa shape index (κ3) is 10.1. The summed E-state index contributed by atoms with van der Waals surface area (Å²) in [6, 6.07) is 20.7. The monoisotopic (exact) mass is 685 g/mol. The fourth-order valence-corrected chi connectivity index (χ4v) is 5.96. The molecule has 11 nitrogen and oxygen atoms in total. The Labute approximate surface area is 295 Å². The molecule has 50 heavy (non-hydrogen) atoms. The van der Waals surface area contributed by atoms with Crippen molar-refractivity contribution in [3.63, 3.8) is 0 Å². The summed E-state index contributed by atoms with van der Waals surface area (Å²) in [5, 5.41) is 11.2. The van der Waals surface area contributed by atoms with E-state index in [1.165, 1.54) is 4.90 Å². The van der Waals surface area contributed by atoms with Gasteiger partial charge >= 0.3 is 12.2 Å². The number of nitrogens with one attached hydrogen (secondary N) is 4. The molecule has 2 atom stereocenters. The second-order valence-corrected chi connectivity index (χ2v) is 13.2. The van der Waals surface area contributed by atoms with E-state index in [1.807, 2.05) is 69.4 Å². The zero-order valence-electron chi connectivity index (χ0n) is 30.0. The highest BCUT2D eigenvalue weighted by molar-refractivity contribution is 5.96. The van der Waals surface area contributed by atoms with Crippen LogP contribution in [0.2, 0.25) is 0 Å². The van der Waals surface area contributed by atoms with Gasteiger partial charge in [-0.25, -0.2) is 9.59 Å². The lowest BCUT2D eigenvalue weighted by molar-refractivity contribution is -0.126. The van der Waals surface area contributed by atoms with Gasteiger partial charge in [-0.05, 0) is 70.8 Å². The van der Waals surface area contributed by atoms with Crippen molar-refractivity contribution in [2.24, 2.45) is 11.8 Å². The molecule has 11 heteroatoms. The Morgan fingerprint density at radius 3 is 2.16 bits per heavy atom. The van der Waals surface area contributed by atoms with Gasteiger partial charge in [0.15, 0.2) is 0 Å². The smallest absolute Gasteiger partial charge is 0.409 e. The molecular weight excluding hydrogens is 634 g/mol. The molecule has 3 aromatic carbocycles. The van der Waals surface area contributed by atoms with E-state index in [0.717, 1.165) is 46.2 Å². The Morgan fingerprint density at radius 1 is 0.880 bits per heavy atom. The van der Waals surface area contributed by atoms with Gasteiger partial charge in [-0.3, -0.25) is 9.59 Å². The van der Waals surface area contributed by atoms with E-state index in [1.54, 1.807) is 13.1 Å². The first kappa shape index (κ1) is 37.9. The second-order valence-electron chi connectivity index (χ2n) is 13.2. The van der Waals surface area contributed by atoms with Crippen LogP contribution in [0.5, 0.6) is 0 Å².